The number of fused-ring (bicyclic) bond motifs is 1. The average molecular weight is 337 g/mol. The first-order chi connectivity index (χ1) is 9.63. The minimum absolute atomic E-state index is 0.263. The summed E-state index contributed by atoms with van der Waals surface area (Å²) in [5.74, 6) is 0.582. The SMILES string of the molecule is OC(Cc1ccc(Br)cc1F)c1ccc2c(c1)CCO2. The largest absolute Gasteiger partial charge is 0.493 e. The van der Waals surface area contributed by atoms with E-state index in [2.05, 4.69) is 15.9 Å². The Labute approximate surface area is 125 Å². The zero-order chi connectivity index (χ0) is 14.1. The first-order valence-electron chi connectivity index (χ1n) is 6.51. The Hall–Kier alpha value is -1.39. The van der Waals surface area contributed by atoms with E-state index in [9.17, 15) is 9.50 Å². The van der Waals surface area contributed by atoms with Crippen molar-refractivity contribution < 1.29 is 14.2 Å². The van der Waals surface area contributed by atoms with Gasteiger partial charge in [-0.05, 0) is 41.0 Å². The van der Waals surface area contributed by atoms with Gasteiger partial charge in [-0.25, -0.2) is 4.39 Å². The van der Waals surface area contributed by atoms with Gasteiger partial charge in [-0.2, -0.15) is 0 Å². The standard InChI is InChI=1S/C16H14BrFO2/c17-13-3-1-10(14(18)9-13)8-15(19)11-2-4-16-12(7-11)5-6-20-16/h1-4,7,9,15,19H,5-6,8H2. The molecule has 0 spiro atoms. The van der Waals surface area contributed by atoms with Crippen LogP contribution in [0, 0.1) is 5.82 Å². The number of aliphatic hydroxyl groups is 1. The molecule has 0 aromatic heterocycles. The van der Waals surface area contributed by atoms with Crippen LogP contribution in [0.3, 0.4) is 0 Å². The first kappa shape index (κ1) is 13.6. The summed E-state index contributed by atoms with van der Waals surface area (Å²) in [4.78, 5) is 0. The number of hydrogen-bond acceptors (Lipinski definition) is 2. The summed E-state index contributed by atoms with van der Waals surface area (Å²) >= 11 is 3.22. The minimum Gasteiger partial charge on any atom is -0.493 e. The van der Waals surface area contributed by atoms with Gasteiger partial charge < -0.3 is 9.84 Å². The molecule has 2 aromatic rings. The zero-order valence-electron chi connectivity index (χ0n) is 10.8. The molecule has 1 heterocycles. The summed E-state index contributed by atoms with van der Waals surface area (Å²) in [5.41, 5.74) is 2.42. The second kappa shape index (κ2) is 5.54. The van der Waals surface area contributed by atoms with Crippen LogP contribution in [0.2, 0.25) is 0 Å². The van der Waals surface area contributed by atoms with E-state index in [1.807, 2.05) is 18.2 Å². The average Bonchev–Trinajstić information content (AvgIpc) is 2.89. The maximum absolute atomic E-state index is 13.8. The molecule has 1 unspecified atom stereocenters. The Morgan fingerprint density at radius 1 is 1.25 bits per heavy atom. The Morgan fingerprint density at radius 3 is 2.90 bits per heavy atom. The summed E-state index contributed by atoms with van der Waals surface area (Å²) in [6.07, 6.45) is 0.415. The molecule has 4 heteroatoms. The molecule has 2 aromatic carbocycles. The Bertz CT molecular complexity index is 642. The van der Waals surface area contributed by atoms with Crippen LogP contribution in [0.5, 0.6) is 5.75 Å². The highest BCUT2D eigenvalue weighted by Gasteiger charge is 2.17. The molecule has 0 fully saturated rings. The van der Waals surface area contributed by atoms with E-state index in [1.54, 1.807) is 12.1 Å². The molecule has 0 saturated carbocycles. The number of ether oxygens (including phenoxy) is 1. The van der Waals surface area contributed by atoms with Crippen LogP contribution in [-0.2, 0) is 12.8 Å². The van der Waals surface area contributed by atoms with Crippen LogP contribution >= 0.6 is 15.9 Å². The van der Waals surface area contributed by atoms with E-state index < -0.39 is 6.10 Å². The molecule has 0 amide bonds. The summed E-state index contributed by atoms with van der Waals surface area (Å²) in [6, 6.07) is 10.5. The first-order valence-corrected chi connectivity index (χ1v) is 7.30. The fourth-order valence-electron chi connectivity index (χ4n) is 2.43. The summed E-state index contributed by atoms with van der Waals surface area (Å²) in [6.45, 7) is 0.691. The van der Waals surface area contributed by atoms with Gasteiger partial charge >= 0.3 is 0 Å². The van der Waals surface area contributed by atoms with Gasteiger partial charge in [-0.3, -0.25) is 0 Å². The van der Waals surface area contributed by atoms with Crippen LogP contribution in [0.25, 0.3) is 0 Å². The second-order valence-corrected chi connectivity index (χ2v) is 5.84. The highest BCUT2D eigenvalue weighted by Crippen LogP contribution is 2.29. The number of hydrogen-bond donors (Lipinski definition) is 1. The van der Waals surface area contributed by atoms with E-state index in [0.717, 1.165) is 23.3 Å². The van der Waals surface area contributed by atoms with Crippen molar-refractivity contribution in [3.8, 4) is 5.75 Å². The van der Waals surface area contributed by atoms with E-state index in [4.69, 9.17) is 4.74 Å². The van der Waals surface area contributed by atoms with Crippen LogP contribution < -0.4 is 4.74 Å². The molecule has 0 saturated heterocycles. The molecular weight excluding hydrogens is 323 g/mol. The number of aliphatic hydroxyl groups excluding tert-OH is 1. The highest BCUT2D eigenvalue weighted by atomic mass is 79.9. The smallest absolute Gasteiger partial charge is 0.127 e. The summed E-state index contributed by atoms with van der Waals surface area (Å²) in [7, 11) is 0. The Kier molecular flexibility index (Phi) is 3.76. The van der Waals surface area contributed by atoms with Gasteiger partial charge in [0.2, 0.25) is 0 Å². The van der Waals surface area contributed by atoms with Gasteiger partial charge in [0.1, 0.15) is 11.6 Å². The number of benzene rings is 2. The lowest BCUT2D eigenvalue weighted by atomic mass is 9.99. The summed E-state index contributed by atoms with van der Waals surface area (Å²) in [5, 5.41) is 10.3. The maximum atomic E-state index is 13.8. The molecule has 1 aliphatic rings. The maximum Gasteiger partial charge on any atom is 0.127 e. The van der Waals surface area contributed by atoms with Gasteiger partial charge in [-0.15, -0.1) is 0 Å². The van der Waals surface area contributed by atoms with E-state index >= 15 is 0 Å². The molecule has 1 atom stereocenters. The molecule has 1 N–H and O–H groups in total. The van der Waals surface area contributed by atoms with Gasteiger partial charge in [0.15, 0.2) is 0 Å². The molecule has 3 rings (SSSR count). The van der Waals surface area contributed by atoms with Gasteiger partial charge in [0.25, 0.3) is 0 Å². The minimum atomic E-state index is -0.712. The third-order valence-corrected chi connectivity index (χ3v) is 4.02. The van der Waals surface area contributed by atoms with Crippen molar-refractivity contribution in [2.24, 2.45) is 0 Å². The molecule has 20 heavy (non-hydrogen) atoms. The normalized spacial score (nSPS) is 14.8. The Balaban J connectivity index is 1.80. The lowest BCUT2D eigenvalue weighted by molar-refractivity contribution is 0.177. The zero-order valence-corrected chi connectivity index (χ0v) is 12.4. The van der Waals surface area contributed by atoms with Crippen molar-refractivity contribution in [1.29, 1.82) is 0 Å². The van der Waals surface area contributed by atoms with Gasteiger partial charge in [0, 0.05) is 17.3 Å². The van der Waals surface area contributed by atoms with Crippen molar-refractivity contribution in [2.75, 3.05) is 6.61 Å². The third-order valence-electron chi connectivity index (χ3n) is 3.53. The molecular formula is C16H14BrFO2. The third kappa shape index (κ3) is 2.72. The number of halogens is 2. The topological polar surface area (TPSA) is 29.5 Å². The van der Waals surface area contributed by atoms with E-state index in [0.29, 0.717) is 16.6 Å². The van der Waals surface area contributed by atoms with Crippen molar-refractivity contribution in [3.63, 3.8) is 0 Å². The molecule has 0 bridgehead atoms. The molecule has 0 radical (unpaired) electrons. The fraction of sp³-hybridized carbons (Fsp3) is 0.250. The monoisotopic (exact) mass is 336 g/mol. The van der Waals surface area contributed by atoms with Crippen LogP contribution in [0.1, 0.15) is 22.8 Å². The van der Waals surface area contributed by atoms with Crippen LogP contribution in [-0.4, -0.2) is 11.7 Å². The molecule has 1 aliphatic heterocycles. The predicted molar refractivity (Wildman–Crippen MR) is 78.4 cm³/mol. The fourth-order valence-corrected chi connectivity index (χ4v) is 2.76. The van der Waals surface area contributed by atoms with Crippen molar-refractivity contribution in [1.82, 2.24) is 0 Å². The summed E-state index contributed by atoms with van der Waals surface area (Å²) < 4.78 is 19.9. The van der Waals surface area contributed by atoms with Crippen LogP contribution in [0.15, 0.2) is 40.9 Å². The van der Waals surface area contributed by atoms with Crippen molar-refractivity contribution >= 4 is 15.9 Å². The van der Waals surface area contributed by atoms with Crippen LogP contribution in [0.4, 0.5) is 4.39 Å². The predicted octanol–water partition coefficient (Wildman–Crippen LogP) is 3.80. The Morgan fingerprint density at radius 2 is 2.10 bits per heavy atom. The van der Waals surface area contributed by atoms with E-state index in [-0.39, 0.29) is 12.2 Å². The molecule has 2 nitrogen and oxygen atoms in total. The van der Waals surface area contributed by atoms with Crippen molar-refractivity contribution in [2.45, 2.75) is 18.9 Å². The molecule has 104 valence electrons. The highest BCUT2D eigenvalue weighted by molar-refractivity contribution is 9.10. The lowest BCUT2D eigenvalue weighted by Crippen LogP contribution is -2.04. The quantitative estimate of drug-likeness (QED) is 0.923. The molecule has 0 aliphatic carbocycles. The van der Waals surface area contributed by atoms with Crippen molar-refractivity contribution in [3.05, 3.63) is 63.4 Å². The van der Waals surface area contributed by atoms with Gasteiger partial charge in [-0.1, -0.05) is 28.1 Å². The number of rotatable bonds is 3. The van der Waals surface area contributed by atoms with E-state index in [1.165, 1.54) is 6.07 Å². The second-order valence-electron chi connectivity index (χ2n) is 4.92. The van der Waals surface area contributed by atoms with Gasteiger partial charge in [0.05, 0.1) is 12.7 Å². The lowest BCUT2D eigenvalue weighted by Gasteiger charge is -2.13.